The number of carbonyl (C=O) groups is 2. The molecule has 1 aliphatic heterocycles. The van der Waals surface area contributed by atoms with Crippen LogP contribution in [0.1, 0.15) is 43.2 Å². The third kappa shape index (κ3) is 6.35. The minimum Gasteiger partial charge on any atom is -0.478 e. The van der Waals surface area contributed by atoms with Gasteiger partial charge < -0.3 is 30.8 Å². The van der Waals surface area contributed by atoms with Gasteiger partial charge in [-0.05, 0) is 66.4 Å². The van der Waals surface area contributed by atoms with E-state index in [2.05, 4.69) is 15.3 Å². The number of nitrogen functional groups attached to an aromatic ring is 1. The fourth-order valence-electron chi connectivity index (χ4n) is 7.15. The number of carboxylic acid groups (broad SMARTS) is 2. The number of halogens is 1. The first-order valence-electron chi connectivity index (χ1n) is 17.3. The van der Waals surface area contributed by atoms with Gasteiger partial charge in [-0.25, -0.2) is 14.6 Å². The van der Waals surface area contributed by atoms with E-state index in [1.165, 1.54) is 18.2 Å². The van der Waals surface area contributed by atoms with E-state index in [9.17, 15) is 29.7 Å². The summed E-state index contributed by atoms with van der Waals surface area (Å²) in [4.78, 5) is 47.3. The molecule has 6 aromatic rings. The summed E-state index contributed by atoms with van der Waals surface area (Å²) in [5.74, 6) is -2.07. The molecule has 2 aromatic heterocycles. The molecule has 0 radical (unpaired) electrons. The van der Waals surface area contributed by atoms with Crippen molar-refractivity contribution in [2.24, 2.45) is 0 Å². The fraction of sp³-hybridized carbons (Fsp3) is 0.0930. The normalized spacial score (nSPS) is 11.5. The summed E-state index contributed by atoms with van der Waals surface area (Å²) in [6.07, 6.45) is 0.564. The van der Waals surface area contributed by atoms with E-state index in [0.29, 0.717) is 67.7 Å². The molecule has 0 atom stereocenters. The predicted octanol–water partition coefficient (Wildman–Crippen LogP) is 8.18. The van der Waals surface area contributed by atoms with Crippen LogP contribution in [0.15, 0.2) is 112 Å². The van der Waals surface area contributed by atoms with Crippen molar-refractivity contribution in [3.05, 3.63) is 152 Å². The Morgan fingerprint density at radius 2 is 1.55 bits per heavy atom. The number of aliphatic hydroxyl groups is 1. The molecule has 0 amide bonds. The Labute approximate surface area is 317 Å². The number of carboxylic acids is 2. The average molecular weight is 751 g/mol. The number of aryl methyl sites for hydroxylation is 1. The van der Waals surface area contributed by atoms with Crippen molar-refractivity contribution < 1.29 is 29.3 Å². The van der Waals surface area contributed by atoms with Gasteiger partial charge >= 0.3 is 11.9 Å². The van der Waals surface area contributed by atoms with Crippen LogP contribution in [0, 0.1) is 0 Å². The van der Waals surface area contributed by atoms with Gasteiger partial charge in [-0.3, -0.25) is 9.78 Å². The van der Waals surface area contributed by atoms with Crippen molar-refractivity contribution in [2.45, 2.75) is 26.0 Å². The molecule has 272 valence electrons. The Morgan fingerprint density at radius 1 is 0.782 bits per heavy atom. The zero-order chi connectivity index (χ0) is 38.4. The Kier molecular flexibility index (Phi) is 9.09. The zero-order valence-electron chi connectivity index (χ0n) is 29.0. The van der Waals surface area contributed by atoms with Crippen LogP contribution in [0.25, 0.3) is 55.2 Å². The Morgan fingerprint density at radius 3 is 2.33 bits per heavy atom. The smallest absolute Gasteiger partial charge is 0.354 e. The molecule has 8 rings (SSSR count). The molecule has 4 aromatic carbocycles. The number of aliphatic hydroxyl groups excluding tert-OH is 1. The third-order valence-electron chi connectivity index (χ3n) is 9.81. The number of pyridine rings is 2. The predicted molar refractivity (Wildman–Crippen MR) is 212 cm³/mol. The zero-order valence-corrected chi connectivity index (χ0v) is 29.7. The van der Waals surface area contributed by atoms with Gasteiger partial charge in [0.2, 0.25) is 5.43 Å². The molecule has 12 heteroatoms. The first kappa shape index (κ1) is 35.2. The highest BCUT2D eigenvalue weighted by atomic mass is 35.5. The van der Waals surface area contributed by atoms with Crippen LogP contribution >= 0.6 is 11.6 Å². The first-order chi connectivity index (χ1) is 26.6. The number of nitrogens with one attached hydrogen (secondary N) is 1. The van der Waals surface area contributed by atoms with Gasteiger partial charge in [-0.1, -0.05) is 72.3 Å². The minimum absolute atomic E-state index is 0.0363. The van der Waals surface area contributed by atoms with Crippen LogP contribution in [-0.2, 0) is 26.0 Å². The number of benzene rings is 5. The van der Waals surface area contributed by atoms with Crippen molar-refractivity contribution in [1.82, 2.24) is 9.97 Å². The summed E-state index contributed by atoms with van der Waals surface area (Å²) in [7, 11) is 0. The number of hydrogen-bond acceptors (Lipinski definition) is 9. The second-order valence-electron chi connectivity index (χ2n) is 13.1. The van der Waals surface area contributed by atoms with Crippen LogP contribution < -0.4 is 16.5 Å². The monoisotopic (exact) mass is 750 g/mol. The summed E-state index contributed by atoms with van der Waals surface area (Å²) >= 11 is 6.69. The summed E-state index contributed by atoms with van der Waals surface area (Å²) in [6.45, 7) is -0.126. The van der Waals surface area contributed by atoms with E-state index in [1.54, 1.807) is 48.5 Å². The van der Waals surface area contributed by atoms with Crippen LogP contribution in [0.2, 0.25) is 5.02 Å². The summed E-state index contributed by atoms with van der Waals surface area (Å²) in [5, 5.41) is 35.1. The van der Waals surface area contributed by atoms with Crippen LogP contribution in [-0.4, -0.2) is 37.2 Å². The first-order valence-corrected chi connectivity index (χ1v) is 17.7. The number of nitrogens with two attached hydrogens (primary N) is 1. The second kappa shape index (κ2) is 14.2. The average Bonchev–Trinajstić information content (AvgIpc) is 3.19. The highest BCUT2D eigenvalue weighted by molar-refractivity contribution is 6.31. The maximum absolute atomic E-state index is 14.0. The number of fused-ring (bicyclic) bond motifs is 4. The van der Waals surface area contributed by atoms with Crippen molar-refractivity contribution >= 4 is 67.7 Å². The third-order valence-corrected chi connectivity index (χ3v) is 10.1. The van der Waals surface area contributed by atoms with Gasteiger partial charge in [0, 0.05) is 50.6 Å². The number of para-hydroxylation sites is 2. The molecule has 1 aliphatic carbocycles. The van der Waals surface area contributed by atoms with Gasteiger partial charge in [-0.15, -0.1) is 0 Å². The van der Waals surface area contributed by atoms with E-state index in [4.69, 9.17) is 21.8 Å². The topological polar surface area (TPSA) is 189 Å². The van der Waals surface area contributed by atoms with Crippen molar-refractivity contribution in [3.63, 3.8) is 0 Å². The van der Waals surface area contributed by atoms with E-state index >= 15 is 0 Å². The summed E-state index contributed by atoms with van der Waals surface area (Å²) < 4.78 is 6.76. The SMILES string of the molecule is Nc1ccc2c(-c3ccccc3C(=O)O)c3cc(Cl)c(=O)c(CCc4cccc5ccc(CO)nc45)c-3oc2c1CNc1cccc2ccc(C(=O)O)nc12. The molecule has 2 aliphatic rings. The number of aromatic nitrogens is 2. The molecule has 3 heterocycles. The molecule has 55 heavy (non-hydrogen) atoms. The van der Waals surface area contributed by atoms with E-state index in [-0.39, 0.29) is 47.2 Å². The number of hydrogen-bond donors (Lipinski definition) is 5. The quantitative estimate of drug-likeness (QED) is 0.0670. The number of nitrogens with zero attached hydrogens (tertiary/aromatic N) is 2. The van der Waals surface area contributed by atoms with E-state index in [0.717, 1.165) is 16.3 Å². The lowest BCUT2D eigenvalue weighted by molar-refractivity contribution is 0.0683. The molecule has 0 fully saturated rings. The Bertz CT molecular complexity index is 2890. The van der Waals surface area contributed by atoms with Gasteiger partial charge in [0.15, 0.2) is 0 Å². The lowest BCUT2D eigenvalue weighted by atomic mass is 9.87. The van der Waals surface area contributed by atoms with Gasteiger partial charge in [0.25, 0.3) is 0 Å². The van der Waals surface area contributed by atoms with Gasteiger partial charge in [-0.2, -0.15) is 0 Å². The number of aromatic carboxylic acids is 2. The Hall–Kier alpha value is -6.82. The molecule has 0 bridgehead atoms. The van der Waals surface area contributed by atoms with E-state index < -0.39 is 17.4 Å². The molecule has 0 saturated carbocycles. The largest absolute Gasteiger partial charge is 0.478 e. The lowest BCUT2D eigenvalue weighted by Gasteiger charge is -2.21. The van der Waals surface area contributed by atoms with Crippen molar-refractivity contribution in [3.8, 4) is 22.5 Å². The lowest BCUT2D eigenvalue weighted by Crippen LogP contribution is -2.15. The maximum Gasteiger partial charge on any atom is 0.354 e. The molecular weight excluding hydrogens is 720 g/mol. The summed E-state index contributed by atoms with van der Waals surface area (Å²) in [6, 6.07) is 29.5. The van der Waals surface area contributed by atoms with Crippen LogP contribution in [0.5, 0.6) is 0 Å². The minimum atomic E-state index is -1.16. The molecular formula is C43H31ClN4O7. The highest BCUT2D eigenvalue weighted by Gasteiger charge is 2.28. The molecule has 6 N–H and O–H groups in total. The highest BCUT2D eigenvalue weighted by Crippen LogP contribution is 2.45. The Balaban J connectivity index is 1.34. The van der Waals surface area contributed by atoms with E-state index in [1.807, 2.05) is 36.4 Å². The molecule has 11 nitrogen and oxygen atoms in total. The van der Waals surface area contributed by atoms with Crippen LogP contribution in [0.3, 0.4) is 0 Å². The number of rotatable bonds is 10. The van der Waals surface area contributed by atoms with Gasteiger partial charge in [0.1, 0.15) is 17.0 Å². The standard InChI is InChI=1S/C43H31ClN4O7/c44-32-19-30-36(26-8-1-2-9-27(26)42(51)52)28-16-17-33(45)31(20-46-34-10-4-7-24-13-18-35(43(53)54)48-38(24)34)40(28)55-41(30)29(39(32)50)15-12-23-6-3-5-22-11-14-25(21-49)47-37(22)23/h1-11,13-14,16-19,46,49H,12,15,20-21,45H2,(H,51,52)(H,53,54). The van der Waals surface area contributed by atoms with Crippen LogP contribution in [0.4, 0.5) is 11.4 Å². The molecule has 0 unspecified atom stereocenters. The maximum atomic E-state index is 14.0. The molecule has 0 spiro atoms. The fourth-order valence-corrected chi connectivity index (χ4v) is 7.37. The van der Waals surface area contributed by atoms with Crippen molar-refractivity contribution in [2.75, 3.05) is 11.1 Å². The van der Waals surface area contributed by atoms with Crippen molar-refractivity contribution in [1.29, 1.82) is 0 Å². The molecule has 0 saturated heterocycles. The van der Waals surface area contributed by atoms with Gasteiger partial charge in [0.05, 0.1) is 39.6 Å². The number of anilines is 2. The summed E-state index contributed by atoms with van der Waals surface area (Å²) in [5.41, 5.74) is 12.0. The second-order valence-corrected chi connectivity index (χ2v) is 13.5.